The van der Waals surface area contributed by atoms with Crippen molar-refractivity contribution in [2.24, 2.45) is 11.7 Å². The van der Waals surface area contributed by atoms with Gasteiger partial charge in [0.2, 0.25) is 5.91 Å². The molecule has 0 aliphatic heterocycles. The smallest absolute Gasteiger partial charge is 0.348 e. The molecule has 2 atom stereocenters. The molecule has 1 saturated carbocycles. The number of hydrogen-bond donors (Lipinski definition) is 1. The van der Waals surface area contributed by atoms with Gasteiger partial charge in [-0.15, -0.1) is 0 Å². The lowest BCUT2D eigenvalue weighted by Gasteiger charge is -2.37. The fraction of sp³-hybridized carbons (Fsp3) is 0.370. The van der Waals surface area contributed by atoms with Gasteiger partial charge in [0, 0.05) is 6.92 Å². The highest BCUT2D eigenvalue weighted by atomic mass is 79.9. The summed E-state index contributed by atoms with van der Waals surface area (Å²) in [4.78, 5) is 25.2. The van der Waals surface area contributed by atoms with Crippen LogP contribution in [-0.2, 0) is 26.3 Å². The summed E-state index contributed by atoms with van der Waals surface area (Å²) in [5.74, 6) is 0.503. The van der Waals surface area contributed by atoms with Crippen molar-refractivity contribution in [3.05, 3.63) is 90.0 Å². The number of carbonyl (C=O) groups is 2. The zero-order valence-electron chi connectivity index (χ0n) is 19.7. The molecule has 1 aliphatic carbocycles. The third-order valence-electron chi connectivity index (χ3n) is 7.06. The molecular formula is C27H32BrN3O3. The van der Waals surface area contributed by atoms with Crippen LogP contribution in [0.25, 0.3) is 0 Å². The van der Waals surface area contributed by atoms with E-state index >= 15 is 0 Å². The van der Waals surface area contributed by atoms with Crippen molar-refractivity contribution in [3.8, 4) is 0 Å². The van der Waals surface area contributed by atoms with E-state index < -0.39 is 5.41 Å². The van der Waals surface area contributed by atoms with E-state index in [9.17, 15) is 9.59 Å². The van der Waals surface area contributed by atoms with Crippen molar-refractivity contribution >= 4 is 11.9 Å². The highest BCUT2D eigenvalue weighted by Crippen LogP contribution is 2.49. The monoisotopic (exact) mass is 525 g/mol. The van der Waals surface area contributed by atoms with Gasteiger partial charge in [-0.1, -0.05) is 60.7 Å². The molecule has 1 aromatic heterocycles. The molecule has 1 fully saturated rings. The normalized spacial score (nSPS) is 17.7. The Morgan fingerprint density at radius 2 is 1.65 bits per heavy atom. The Bertz CT molecular complexity index is 1080. The second kappa shape index (κ2) is 11.0. The van der Waals surface area contributed by atoms with Crippen molar-refractivity contribution in [1.82, 2.24) is 4.57 Å². The molecule has 0 bridgehead atoms. The number of aromatic nitrogens is 2. The Balaban J connectivity index is 0.00000324. The van der Waals surface area contributed by atoms with E-state index in [0.29, 0.717) is 6.61 Å². The minimum Gasteiger partial charge on any atom is -1.00 e. The van der Waals surface area contributed by atoms with Crippen LogP contribution in [0.15, 0.2) is 73.1 Å². The van der Waals surface area contributed by atoms with Crippen molar-refractivity contribution in [1.29, 1.82) is 0 Å². The van der Waals surface area contributed by atoms with Gasteiger partial charge in [0.1, 0.15) is 23.9 Å². The van der Waals surface area contributed by atoms with Gasteiger partial charge in [0.25, 0.3) is 5.82 Å². The molecule has 0 saturated heterocycles. The van der Waals surface area contributed by atoms with Crippen LogP contribution in [0.3, 0.4) is 0 Å². The molecule has 1 aliphatic rings. The number of imidazole rings is 1. The Kier molecular flexibility index (Phi) is 8.31. The van der Waals surface area contributed by atoms with Gasteiger partial charge in [-0.2, -0.15) is 0 Å². The first-order chi connectivity index (χ1) is 16.0. The Hall–Kier alpha value is -2.93. The number of esters is 1. The molecule has 180 valence electrons. The number of primary amides is 1. The van der Waals surface area contributed by atoms with Gasteiger partial charge < -0.3 is 27.5 Å². The van der Waals surface area contributed by atoms with Gasteiger partial charge in [0.05, 0.1) is 6.61 Å². The number of amides is 1. The molecule has 2 unspecified atom stereocenters. The van der Waals surface area contributed by atoms with Crippen molar-refractivity contribution < 1.29 is 35.9 Å². The third-order valence-corrected chi connectivity index (χ3v) is 7.06. The highest BCUT2D eigenvalue weighted by Gasteiger charge is 2.51. The zero-order chi connectivity index (χ0) is 23.4. The number of benzene rings is 2. The number of nitrogens with zero attached hydrogens (tertiary/aromatic N) is 2. The first-order valence-corrected chi connectivity index (χ1v) is 11.6. The highest BCUT2D eigenvalue weighted by molar-refractivity contribution is 5.91. The maximum absolute atomic E-state index is 13.3. The van der Waals surface area contributed by atoms with E-state index in [0.717, 1.165) is 36.2 Å². The maximum atomic E-state index is 13.3. The van der Waals surface area contributed by atoms with Gasteiger partial charge >= 0.3 is 5.97 Å². The lowest BCUT2D eigenvalue weighted by molar-refractivity contribution is -0.691. The second-order valence-electron chi connectivity index (χ2n) is 8.75. The Morgan fingerprint density at radius 3 is 2.18 bits per heavy atom. The summed E-state index contributed by atoms with van der Waals surface area (Å²) in [6.07, 6.45) is 6.59. The lowest BCUT2D eigenvalue weighted by Crippen LogP contribution is -3.00. The van der Waals surface area contributed by atoms with Crippen molar-refractivity contribution in [2.45, 2.75) is 51.1 Å². The first-order valence-electron chi connectivity index (χ1n) is 11.6. The maximum Gasteiger partial charge on any atom is 0.348 e. The Morgan fingerprint density at radius 1 is 1.06 bits per heavy atom. The summed E-state index contributed by atoms with van der Waals surface area (Å²) >= 11 is 0. The minimum absolute atomic E-state index is 0. The fourth-order valence-electron chi connectivity index (χ4n) is 5.54. The standard InChI is InChI=1S/C27H31N3O3.BrH/c1-3-33-25(31)19-29-16-17-30(20(29)2)24-15-14-23(18-24)27(26(28)32,21-10-6-4-7-11-21)22-12-8-5-9-13-22;/h4-13,16-17,23-24H,3,14-15,18-19H2,1-2H3,(H-,28,32);1H. The average molecular weight is 526 g/mol. The summed E-state index contributed by atoms with van der Waals surface area (Å²) in [5.41, 5.74) is 7.21. The van der Waals surface area contributed by atoms with Gasteiger partial charge in [-0.25, -0.2) is 13.9 Å². The molecule has 4 rings (SSSR count). The van der Waals surface area contributed by atoms with Crippen LogP contribution >= 0.6 is 0 Å². The number of ether oxygens (including phenoxy) is 1. The van der Waals surface area contributed by atoms with Crippen LogP contribution in [0.1, 0.15) is 49.2 Å². The average Bonchev–Trinajstić information content (AvgIpc) is 3.43. The summed E-state index contributed by atoms with van der Waals surface area (Å²) < 4.78 is 9.24. The fourth-order valence-corrected chi connectivity index (χ4v) is 5.54. The lowest BCUT2D eigenvalue weighted by atomic mass is 9.64. The predicted octanol–water partition coefficient (Wildman–Crippen LogP) is 0.464. The van der Waals surface area contributed by atoms with Crippen LogP contribution in [0, 0.1) is 12.8 Å². The van der Waals surface area contributed by atoms with E-state index in [4.69, 9.17) is 10.5 Å². The molecule has 0 spiro atoms. The SMILES string of the molecule is CCOC(=O)C[n+]1ccn(C2CCC(C(C(N)=O)(c3ccccc3)c3ccccc3)C2)c1C.[Br-]. The van der Waals surface area contributed by atoms with E-state index in [1.165, 1.54) is 0 Å². The summed E-state index contributed by atoms with van der Waals surface area (Å²) in [7, 11) is 0. The largest absolute Gasteiger partial charge is 1.00 e. The van der Waals surface area contributed by atoms with E-state index in [2.05, 4.69) is 4.57 Å². The molecule has 0 radical (unpaired) electrons. The number of halogens is 1. The van der Waals surface area contributed by atoms with Crippen LogP contribution in [0.2, 0.25) is 0 Å². The molecule has 34 heavy (non-hydrogen) atoms. The topological polar surface area (TPSA) is 78.2 Å². The zero-order valence-corrected chi connectivity index (χ0v) is 21.3. The number of nitrogens with two attached hydrogens (primary N) is 1. The first kappa shape index (κ1) is 25.7. The van der Waals surface area contributed by atoms with E-state index in [-0.39, 0.29) is 47.4 Å². The third kappa shape index (κ3) is 4.67. The van der Waals surface area contributed by atoms with Crippen LogP contribution in [-0.4, -0.2) is 23.1 Å². The molecule has 2 N–H and O–H groups in total. The number of rotatable bonds is 8. The number of hydrogen-bond acceptors (Lipinski definition) is 3. The minimum atomic E-state index is -0.890. The van der Waals surface area contributed by atoms with Gasteiger partial charge in [0.15, 0.2) is 6.54 Å². The molecule has 2 aromatic carbocycles. The van der Waals surface area contributed by atoms with Crippen LogP contribution in [0.5, 0.6) is 0 Å². The van der Waals surface area contributed by atoms with E-state index in [1.54, 1.807) is 0 Å². The van der Waals surface area contributed by atoms with Crippen LogP contribution < -0.4 is 27.3 Å². The summed E-state index contributed by atoms with van der Waals surface area (Å²) in [6, 6.07) is 20.1. The molecule has 3 aromatic rings. The molecule has 6 nitrogen and oxygen atoms in total. The molecule has 1 amide bonds. The molecule has 1 heterocycles. The van der Waals surface area contributed by atoms with Crippen LogP contribution in [0.4, 0.5) is 0 Å². The van der Waals surface area contributed by atoms with Crippen molar-refractivity contribution in [3.63, 3.8) is 0 Å². The Labute approximate surface area is 211 Å². The second-order valence-corrected chi connectivity index (χ2v) is 8.75. The van der Waals surface area contributed by atoms with Gasteiger partial charge in [-0.05, 0) is 43.2 Å². The molecule has 7 heteroatoms. The number of carbonyl (C=O) groups excluding carboxylic acids is 2. The quantitative estimate of drug-likeness (QED) is 0.343. The van der Waals surface area contributed by atoms with Crippen molar-refractivity contribution in [2.75, 3.05) is 6.61 Å². The summed E-state index contributed by atoms with van der Waals surface area (Å²) in [6.45, 7) is 4.39. The van der Waals surface area contributed by atoms with Gasteiger partial charge in [-0.3, -0.25) is 4.79 Å². The molecular weight excluding hydrogens is 494 g/mol. The summed E-state index contributed by atoms with van der Waals surface area (Å²) in [5, 5.41) is 0. The predicted molar refractivity (Wildman–Crippen MR) is 125 cm³/mol. The van der Waals surface area contributed by atoms with E-state index in [1.807, 2.05) is 91.5 Å².